The number of rotatable bonds is 4. The third kappa shape index (κ3) is 3.28. The van der Waals surface area contributed by atoms with Gasteiger partial charge >= 0.3 is 0 Å². The van der Waals surface area contributed by atoms with E-state index in [1.165, 1.54) is 4.68 Å². The topological polar surface area (TPSA) is 116 Å². The average molecular weight is 443 g/mol. The summed E-state index contributed by atoms with van der Waals surface area (Å²) in [5.74, 6) is -0.0584. The highest BCUT2D eigenvalue weighted by molar-refractivity contribution is 7.92. The highest BCUT2D eigenvalue weighted by atomic mass is 32.2. The van der Waals surface area contributed by atoms with Gasteiger partial charge in [-0.1, -0.05) is 30.3 Å². The molecule has 0 unspecified atom stereocenters. The van der Waals surface area contributed by atoms with Crippen molar-refractivity contribution < 1.29 is 8.42 Å². The molecule has 5 rings (SSSR count). The molecule has 3 aromatic heterocycles. The van der Waals surface area contributed by atoms with Crippen LogP contribution in [0.2, 0.25) is 0 Å². The summed E-state index contributed by atoms with van der Waals surface area (Å²) in [6.45, 7) is 1.83. The van der Waals surface area contributed by atoms with Gasteiger partial charge in [0.05, 0.1) is 22.1 Å². The molecular formula is C23H18N6O2S. The smallest absolute Gasteiger partial charge is 0.212 e. The number of fused-ring (bicyclic) bond motifs is 2. The lowest BCUT2D eigenvalue weighted by Gasteiger charge is -2.05. The van der Waals surface area contributed by atoms with E-state index >= 15 is 0 Å². The number of nitrogen functional groups attached to an aromatic ring is 1. The number of aryl methyl sites for hydroxylation is 1. The summed E-state index contributed by atoms with van der Waals surface area (Å²) in [6, 6.07) is 17.5. The highest BCUT2D eigenvalue weighted by Gasteiger charge is 2.30. The molecule has 5 aromatic rings. The van der Waals surface area contributed by atoms with Crippen molar-refractivity contribution in [3.63, 3.8) is 0 Å². The summed E-state index contributed by atoms with van der Waals surface area (Å²) >= 11 is 0. The van der Waals surface area contributed by atoms with Crippen molar-refractivity contribution >= 4 is 44.1 Å². The molecule has 0 aliphatic rings. The fourth-order valence-electron chi connectivity index (χ4n) is 3.48. The summed E-state index contributed by atoms with van der Waals surface area (Å²) in [5, 5.41) is 4.42. The predicted octanol–water partition coefficient (Wildman–Crippen LogP) is 3.59. The third-order valence-corrected chi connectivity index (χ3v) is 6.82. The Bertz CT molecular complexity index is 1610. The van der Waals surface area contributed by atoms with E-state index < -0.39 is 9.84 Å². The van der Waals surface area contributed by atoms with Gasteiger partial charge in [-0.05, 0) is 42.8 Å². The van der Waals surface area contributed by atoms with Crippen LogP contribution in [0.3, 0.4) is 0 Å². The number of nitrogens with two attached hydrogens (primary N) is 1. The molecule has 3 heterocycles. The van der Waals surface area contributed by atoms with Crippen LogP contribution >= 0.6 is 0 Å². The monoisotopic (exact) mass is 442 g/mol. The number of hydrogen-bond acceptors (Lipinski definition) is 7. The van der Waals surface area contributed by atoms with Crippen LogP contribution in [0.5, 0.6) is 0 Å². The Morgan fingerprint density at radius 3 is 2.50 bits per heavy atom. The van der Waals surface area contributed by atoms with E-state index in [9.17, 15) is 8.42 Å². The van der Waals surface area contributed by atoms with Crippen molar-refractivity contribution in [2.45, 2.75) is 16.7 Å². The Hall–Kier alpha value is -4.11. The van der Waals surface area contributed by atoms with Gasteiger partial charge in [-0.2, -0.15) is 9.78 Å². The first-order valence-corrected chi connectivity index (χ1v) is 11.3. The molecule has 9 heteroatoms. The molecule has 158 valence electrons. The van der Waals surface area contributed by atoms with Gasteiger partial charge in [0.25, 0.3) is 0 Å². The average Bonchev–Trinajstić information content (AvgIpc) is 3.07. The summed E-state index contributed by atoms with van der Waals surface area (Å²) in [6.07, 6.45) is 4.83. The van der Waals surface area contributed by atoms with Crippen molar-refractivity contribution in [1.29, 1.82) is 0 Å². The first kappa shape index (κ1) is 19.8. The molecule has 0 atom stereocenters. The standard InChI is InChI=1S/C23H18N6O2S/c1-15-6-4-8-17(12-15)32(30,31)21-20-23(28-19-10-3-2-9-18(19)27-20)29(22(21)24)26-14-16-7-5-11-25-13-16/h2-14H,24H2,1H3/b26-14-. The molecule has 0 fully saturated rings. The van der Waals surface area contributed by atoms with Gasteiger partial charge in [-0.3, -0.25) is 4.98 Å². The van der Waals surface area contributed by atoms with Crippen molar-refractivity contribution in [3.05, 3.63) is 84.2 Å². The second-order valence-corrected chi connectivity index (χ2v) is 9.15. The molecule has 2 aromatic carbocycles. The van der Waals surface area contributed by atoms with Gasteiger partial charge in [-0.25, -0.2) is 18.4 Å². The molecule has 2 N–H and O–H groups in total. The quantitative estimate of drug-likeness (QED) is 0.425. The number of anilines is 1. The summed E-state index contributed by atoms with van der Waals surface area (Å²) in [4.78, 5) is 13.3. The van der Waals surface area contributed by atoms with E-state index in [0.717, 1.165) is 11.1 Å². The van der Waals surface area contributed by atoms with Crippen LogP contribution in [0, 0.1) is 6.92 Å². The van der Waals surface area contributed by atoms with Crippen LogP contribution in [-0.2, 0) is 9.84 Å². The first-order valence-electron chi connectivity index (χ1n) is 9.78. The highest BCUT2D eigenvalue weighted by Crippen LogP contribution is 2.35. The van der Waals surface area contributed by atoms with E-state index in [1.807, 2.05) is 31.2 Å². The Morgan fingerprint density at radius 1 is 1.00 bits per heavy atom. The number of para-hydroxylation sites is 2. The van der Waals surface area contributed by atoms with Gasteiger partial charge in [0.2, 0.25) is 9.84 Å². The van der Waals surface area contributed by atoms with Crippen LogP contribution < -0.4 is 5.73 Å². The molecule has 0 bridgehead atoms. The number of sulfone groups is 1. The van der Waals surface area contributed by atoms with E-state index in [2.05, 4.69) is 20.1 Å². The third-order valence-electron chi connectivity index (χ3n) is 5.00. The summed E-state index contributed by atoms with van der Waals surface area (Å²) in [5.41, 5.74) is 9.52. The second kappa shape index (κ2) is 7.54. The maximum Gasteiger partial charge on any atom is 0.212 e. The van der Waals surface area contributed by atoms with E-state index in [4.69, 9.17) is 5.73 Å². The zero-order valence-electron chi connectivity index (χ0n) is 17.0. The summed E-state index contributed by atoms with van der Waals surface area (Å²) in [7, 11) is -3.98. The van der Waals surface area contributed by atoms with Crippen molar-refractivity contribution in [1.82, 2.24) is 19.6 Å². The Kier molecular flexibility index (Phi) is 4.67. The zero-order chi connectivity index (χ0) is 22.3. The molecule has 0 amide bonds. The van der Waals surface area contributed by atoms with Crippen molar-refractivity contribution in [3.8, 4) is 0 Å². The molecule has 0 saturated heterocycles. The first-order chi connectivity index (χ1) is 15.4. The van der Waals surface area contributed by atoms with Crippen LogP contribution in [0.4, 0.5) is 5.82 Å². The zero-order valence-corrected chi connectivity index (χ0v) is 17.9. The molecule has 0 spiro atoms. The molecule has 32 heavy (non-hydrogen) atoms. The number of nitrogens with zero attached hydrogens (tertiary/aromatic N) is 5. The second-order valence-electron chi connectivity index (χ2n) is 7.26. The van der Waals surface area contributed by atoms with Crippen LogP contribution in [0.1, 0.15) is 11.1 Å². The Morgan fingerprint density at radius 2 is 1.78 bits per heavy atom. The van der Waals surface area contributed by atoms with Crippen LogP contribution in [-0.4, -0.2) is 34.3 Å². The van der Waals surface area contributed by atoms with Crippen molar-refractivity contribution in [2.75, 3.05) is 5.73 Å². The lowest BCUT2D eigenvalue weighted by atomic mass is 10.2. The Balaban J connectivity index is 1.82. The Labute approximate surface area is 184 Å². The fraction of sp³-hybridized carbons (Fsp3) is 0.0435. The van der Waals surface area contributed by atoms with E-state index in [0.29, 0.717) is 11.0 Å². The molecular weight excluding hydrogens is 424 g/mol. The van der Waals surface area contributed by atoms with Crippen LogP contribution in [0.15, 0.2) is 87.9 Å². The SMILES string of the molecule is Cc1cccc(S(=O)(=O)c2c(N)n(/N=C\c3cccnc3)c3nc4ccccc4nc23)c1. The predicted molar refractivity (Wildman–Crippen MR) is 123 cm³/mol. The normalized spacial score (nSPS) is 12.2. The van der Waals surface area contributed by atoms with E-state index in [1.54, 1.807) is 55.0 Å². The van der Waals surface area contributed by atoms with Gasteiger partial charge in [-0.15, -0.1) is 0 Å². The maximum absolute atomic E-state index is 13.6. The maximum atomic E-state index is 13.6. The molecule has 0 aliphatic carbocycles. The molecule has 0 saturated carbocycles. The molecule has 0 aliphatic heterocycles. The number of benzene rings is 2. The van der Waals surface area contributed by atoms with Gasteiger partial charge in [0, 0.05) is 18.0 Å². The lowest BCUT2D eigenvalue weighted by molar-refractivity contribution is 0.597. The number of aromatic nitrogens is 4. The number of hydrogen-bond donors (Lipinski definition) is 1. The van der Waals surface area contributed by atoms with Gasteiger partial charge < -0.3 is 5.73 Å². The van der Waals surface area contributed by atoms with Gasteiger partial charge in [0.15, 0.2) is 5.65 Å². The fourth-order valence-corrected chi connectivity index (χ4v) is 5.07. The molecule has 0 radical (unpaired) electrons. The molecule has 8 nitrogen and oxygen atoms in total. The minimum absolute atomic E-state index is 0.0584. The van der Waals surface area contributed by atoms with E-state index in [-0.39, 0.29) is 26.8 Å². The minimum atomic E-state index is -3.98. The van der Waals surface area contributed by atoms with Gasteiger partial charge in [0.1, 0.15) is 16.2 Å². The largest absolute Gasteiger partial charge is 0.382 e. The minimum Gasteiger partial charge on any atom is -0.382 e. The lowest BCUT2D eigenvalue weighted by Crippen LogP contribution is -2.07. The summed E-state index contributed by atoms with van der Waals surface area (Å²) < 4.78 is 28.6. The number of pyridine rings is 1. The van der Waals surface area contributed by atoms with Crippen LogP contribution in [0.25, 0.3) is 22.2 Å². The van der Waals surface area contributed by atoms with Crippen molar-refractivity contribution in [2.24, 2.45) is 5.10 Å².